The number of hydrogen-bond acceptors (Lipinski definition) is 2. The van der Waals surface area contributed by atoms with Gasteiger partial charge < -0.3 is 15.7 Å². The molecule has 3 N–H and O–H groups in total. The number of aliphatic hydroxyl groups is 1. The van der Waals surface area contributed by atoms with Crippen molar-refractivity contribution in [3.05, 3.63) is 65.2 Å². The van der Waals surface area contributed by atoms with Crippen molar-refractivity contribution in [2.24, 2.45) is 0 Å². The number of urea groups is 1. The molecule has 0 aromatic heterocycles. The van der Waals surface area contributed by atoms with Crippen LogP contribution in [0.25, 0.3) is 0 Å². The molecule has 0 spiro atoms. The number of fused-ring (bicyclic) bond motifs is 1. The molecule has 1 aliphatic rings. The fraction of sp³-hybridized carbons (Fsp3) is 0.316. The number of amides is 2. The molecule has 4 nitrogen and oxygen atoms in total. The van der Waals surface area contributed by atoms with Gasteiger partial charge in [-0.2, -0.15) is 0 Å². The van der Waals surface area contributed by atoms with Crippen molar-refractivity contribution in [1.82, 2.24) is 5.32 Å². The Balaban J connectivity index is 1.45. The van der Waals surface area contributed by atoms with Gasteiger partial charge in [0, 0.05) is 12.2 Å². The van der Waals surface area contributed by atoms with Gasteiger partial charge >= 0.3 is 6.03 Å². The highest BCUT2D eigenvalue weighted by Gasteiger charge is 2.12. The molecular weight excluding hydrogens is 288 g/mol. The third-order valence-corrected chi connectivity index (χ3v) is 4.24. The summed E-state index contributed by atoms with van der Waals surface area (Å²) in [6.45, 7) is 0.423. The van der Waals surface area contributed by atoms with Crippen molar-refractivity contribution in [1.29, 1.82) is 0 Å². The highest BCUT2D eigenvalue weighted by Crippen LogP contribution is 2.24. The Hall–Kier alpha value is -2.33. The average molecular weight is 310 g/mol. The van der Waals surface area contributed by atoms with Crippen molar-refractivity contribution < 1.29 is 9.90 Å². The SMILES string of the molecule is O=C(NCCC(O)c1ccccc1)Nc1ccc2c(c1)CCC2. The predicted molar refractivity (Wildman–Crippen MR) is 91.5 cm³/mol. The van der Waals surface area contributed by atoms with Gasteiger partial charge in [0.15, 0.2) is 0 Å². The second-order valence-electron chi connectivity index (χ2n) is 5.93. The van der Waals surface area contributed by atoms with E-state index in [1.807, 2.05) is 36.4 Å². The largest absolute Gasteiger partial charge is 0.388 e. The topological polar surface area (TPSA) is 61.4 Å². The lowest BCUT2D eigenvalue weighted by molar-refractivity contribution is 0.167. The monoisotopic (exact) mass is 310 g/mol. The van der Waals surface area contributed by atoms with E-state index in [2.05, 4.69) is 22.8 Å². The van der Waals surface area contributed by atoms with Crippen LogP contribution in [-0.4, -0.2) is 17.7 Å². The Labute approximate surface area is 136 Å². The van der Waals surface area contributed by atoms with E-state index < -0.39 is 6.10 Å². The first kappa shape index (κ1) is 15.6. The standard InChI is InChI=1S/C19H22N2O2/c22-18(15-5-2-1-3-6-15)11-12-20-19(23)21-17-10-9-14-7-4-8-16(14)13-17/h1-3,5-6,9-10,13,18,22H,4,7-8,11-12H2,(H2,20,21,23). The molecular formula is C19H22N2O2. The van der Waals surface area contributed by atoms with Gasteiger partial charge in [0.05, 0.1) is 6.10 Å². The minimum Gasteiger partial charge on any atom is -0.388 e. The van der Waals surface area contributed by atoms with Crippen LogP contribution in [0.4, 0.5) is 10.5 Å². The van der Waals surface area contributed by atoms with Crippen molar-refractivity contribution in [2.45, 2.75) is 31.8 Å². The van der Waals surface area contributed by atoms with E-state index in [0.717, 1.165) is 24.1 Å². The quantitative estimate of drug-likeness (QED) is 0.792. The number of aryl methyl sites for hydroxylation is 2. The molecule has 1 atom stereocenters. The number of nitrogens with one attached hydrogen (secondary N) is 2. The molecule has 2 aromatic rings. The Bertz CT molecular complexity index is 670. The Morgan fingerprint density at radius 3 is 2.70 bits per heavy atom. The summed E-state index contributed by atoms with van der Waals surface area (Å²) in [5, 5.41) is 15.7. The van der Waals surface area contributed by atoms with Crippen LogP contribution in [0.15, 0.2) is 48.5 Å². The molecule has 120 valence electrons. The number of rotatable bonds is 5. The molecule has 0 aliphatic heterocycles. The summed E-state index contributed by atoms with van der Waals surface area (Å²) in [5.41, 5.74) is 4.42. The number of carbonyl (C=O) groups excluding carboxylic acids is 1. The number of aliphatic hydroxyl groups excluding tert-OH is 1. The summed E-state index contributed by atoms with van der Waals surface area (Å²) in [5.74, 6) is 0. The van der Waals surface area contributed by atoms with E-state index in [1.54, 1.807) is 0 Å². The molecule has 0 radical (unpaired) electrons. The van der Waals surface area contributed by atoms with E-state index in [0.29, 0.717) is 13.0 Å². The zero-order valence-corrected chi connectivity index (χ0v) is 13.1. The van der Waals surface area contributed by atoms with Crippen LogP contribution in [0.2, 0.25) is 0 Å². The first-order chi connectivity index (χ1) is 11.2. The van der Waals surface area contributed by atoms with Gasteiger partial charge in [0.2, 0.25) is 0 Å². The smallest absolute Gasteiger partial charge is 0.319 e. The fourth-order valence-electron chi connectivity index (χ4n) is 2.99. The predicted octanol–water partition coefficient (Wildman–Crippen LogP) is 3.42. The van der Waals surface area contributed by atoms with Gasteiger partial charge in [-0.25, -0.2) is 4.79 Å². The van der Waals surface area contributed by atoms with Crippen molar-refractivity contribution in [3.63, 3.8) is 0 Å². The van der Waals surface area contributed by atoms with Crippen LogP contribution < -0.4 is 10.6 Å². The third-order valence-electron chi connectivity index (χ3n) is 4.24. The van der Waals surface area contributed by atoms with Crippen molar-refractivity contribution in [2.75, 3.05) is 11.9 Å². The minimum absolute atomic E-state index is 0.233. The number of carbonyl (C=O) groups is 1. The molecule has 3 rings (SSSR count). The van der Waals surface area contributed by atoms with E-state index in [1.165, 1.54) is 17.5 Å². The van der Waals surface area contributed by atoms with Crippen molar-refractivity contribution in [3.8, 4) is 0 Å². The van der Waals surface area contributed by atoms with E-state index in [4.69, 9.17) is 0 Å². The maximum atomic E-state index is 11.9. The zero-order valence-electron chi connectivity index (χ0n) is 13.1. The van der Waals surface area contributed by atoms with Crippen LogP contribution in [-0.2, 0) is 12.8 Å². The molecule has 0 saturated heterocycles. The lowest BCUT2D eigenvalue weighted by Gasteiger charge is -2.12. The minimum atomic E-state index is -0.559. The highest BCUT2D eigenvalue weighted by atomic mass is 16.3. The van der Waals surface area contributed by atoms with E-state index in [-0.39, 0.29) is 6.03 Å². The maximum Gasteiger partial charge on any atom is 0.319 e. The van der Waals surface area contributed by atoms with Crippen LogP contribution in [0.1, 0.15) is 35.6 Å². The van der Waals surface area contributed by atoms with Gasteiger partial charge in [-0.05, 0) is 54.5 Å². The highest BCUT2D eigenvalue weighted by molar-refractivity contribution is 5.89. The number of benzene rings is 2. The van der Waals surface area contributed by atoms with Gasteiger partial charge in [0.1, 0.15) is 0 Å². The summed E-state index contributed by atoms with van der Waals surface area (Å²) in [6, 6.07) is 15.3. The molecule has 0 bridgehead atoms. The number of hydrogen-bond donors (Lipinski definition) is 3. The normalized spacial score (nSPS) is 14.1. The molecule has 0 fully saturated rings. The first-order valence-electron chi connectivity index (χ1n) is 8.12. The van der Waals surface area contributed by atoms with Gasteiger partial charge in [-0.1, -0.05) is 36.4 Å². The summed E-state index contributed by atoms with van der Waals surface area (Å²) in [7, 11) is 0. The molecule has 1 aliphatic carbocycles. The van der Waals surface area contributed by atoms with Gasteiger partial charge in [-0.3, -0.25) is 0 Å². The third kappa shape index (κ3) is 4.11. The van der Waals surface area contributed by atoms with Crippen molar-refractivity contribution >= 4 is 11.7 Å². The first-order valence-corrected chi connectivity index (χ1v) is 8.12. The van der Waals surface area contributed by atoms with Crippen LogP contribution in [0.3, 0.4) is 0 Å². The molecule has 2 amide bonds. The molecule has 0 heterocycles. The van der Waals surface area contributed by atoms with Gasteiger partial charge in [-0.15, -0.1) is 0 Å². The number of anilines is 1. The van der Waals surface area contributed by atoms with Crippen LogP contribution in [0, 0.1) is 0 Å². The zero-order chi connectivity index (χ0) is 16.1. The molecule has 2 aromatic carbocycles. The van der Waals surface area contributed by atoms with Gasteiger partial charge in [0.25, 0.3) is 0 Å². The molecule has 0 saturated carbocycles. The Morgan fingerprint density at radius 2 is 1.87 bits per heavy atom. The molecule has 1 unspecified atom stereocenters. The molecule has 4 heteroatoms. The maximum absolute atomic E-state index is 11.9. The fourth-order valence-corrected chi connectivity index (χ4v) is 2.99. The molecule has 23 heavy (non-hydrogen) atoms. The Morgan fingerprint density at radius 1 is 1.09 bits per heavy atom. The average Bonchev–Trinajstić information content (AvgIpc) is 3.03. The van der Waals surface area contributed by atoms with E-state index >= 15 is 0 Å². The van der Waals surface area contributed by atoms with Crippen LogP contribution in [0.5, 0.6) is 0 Å². The lowest BCUT2D eigenvalue weighted by Crippen LogP contribution is -2.30. The van der Waals surface area contributed by atoms with E-state index in [9.17, 15) is 9.90 Å². The second-order valence-corrected chi connectivity index (χ2v) is 5.93. The summed E-state index contributed by atoms with van der Waals surface area (Å²) < 4.78 is 0. The van der Waals surface area contributed by atoms with Crippen LogP contribution >= 0.6 is 0 Å². The lowest BCUT2D eigenvalue weighted by atomic mass is 10.1. The summed E-state index contributed by atoms with van der Waals surface area (Å²) >= 11 is 0. The summed E-state index contributed by atoms with van der Waals surface area (Å²) in [6.07, 6.45) is 3.36. The second kappa shape index (κ2) is 7.29. The summed E-state index contributed by atoms with van der Waals surface area (Å²) in [4.78, 5) is 11.9. The Kier molecular flexibility index (Phi) is 4.93.